The van der Waals surface area contributed by atoms with E-state index in [2.05, 4.69) is 6.92 Å². The van der Waals surface area contributed by atoms with E-state index in [0.717, 1.165) is 38.6 Å². The van der Waals surface area contributed by atoms with Crippen molar-refractivity contribution in [1.82, 2.24) is 4.90 Å². The molecule has 1 fully saturated rings. The van der Waals surface area contributed by atoms with Crippen molar-refractivity contribution in [3.05, 3.63) is 0 Å². The van der Waals surface area contributed by atoms with E-state index in [1.165, 1.54) is 0 Å². The average Bonchev–Trinajstić information content (AvgIpc) is 2.18. The van der Waals surface area contributed by atoms with Crippen LogP contribution in [0.2, 0.25) is 0 Å². The van der Waals surface area contributed by atoms with Gasteiger partial charge in [0.2, 0.25) is 6.41 Å². The third-order valence-electron chi connectivity index (χ3n) is 2.80. The standard InChI is InChI=1S/C10H19NO2/c1-3-4-9-7-10(13-2)5-6-11(9)8-12/h8-10H,3-7H2,1-2H3/t9-,10-/m0/s1. The Morgan fingerprint density at radius 2 is 2.38 bits per heavy atom. The second-order valence-corrected chi connectivity index (χ2v) is 3.67. The molecule has 1 heterocycles. The van der Waals surface area contributed by atoms with Crippen LogP contribution in [0.5, 0.6) is 0 Å². The van der Waals surface area contributed by atoms with Crippen molar-refractivity contribution in [2.24, 2.45) is 0 Å². The van der Waals surface area contributed by atoms with Gasteiger partial charge in [0.25, 0.3) is 0 Å². The van der Waals surface area contributed by atoms with Gasteiger partial charge in [0, 0.05) is 19.7 Å². The monoisotopic (exact) mass is 185 g/mol. The molecule has 1 rings (SSSR count). The number of carbonyl (C=O) groups is 1. The van der Waals surface area contributed by atoms with E-state index in [1.807, 2.05) is 4.90 Å². The first-order valence-electron chi connectivity index (χ1n) is 5.05. The molecule has 2 atom stereocenters. The molecule has 3 nitrogen and oxygen atoms in total. The highest BCUT2D eigenvalue weighted by molar-refractivity contribution is 5.48. The number of amides is 1. The summed E-state index contributed by atoms with van der Waals surface area (Å²) < 4.78 is 5.32. The minimum Gasteiger partial charge on any atom is -0.381 e. The van der Waals surface area contributed by atoms with Crippen LogP contribution in [0.3, 0.4) is 0 Å². The molecule has 1 aliphatic rings. The zero-order chi connectivity index (χ0) is 9.68. The Labute approximate surface area is 80.1 Å². The number of carbonyl (C=O) groups excluding carboxylic acids is 1. The maximum Gasteiger partial charge on any atom is 0.209 e. The lowest BCUT2D eigenvalue weighted by Crippen LogP contribution is -2.43. The molecular formula is C10H19NO2. The van der Waals surface area contributed by atoms with Crippen LogP contribution in [-0.2, 0) is 9.53 Å². The van der Waals surface area contributed by atoms with Crippen molar-refractivity contribution in [3.8, 4) is 0 Å². The van der Waals surface area contributed by atoms with Crippen LogP contribution in [0.4, 0.5) is 0 Å². The SMILES string of the molecule is CCC[C@H]1C[C@@H](OC)CCN1C=O. The highest BCUT2D eigenvalue weighted by atomic mass is 16.5. The van der Waals surface area contributed by atoms with Crippen molar-refractivity contribution in [3.63, 3.8) is 0 Å². The number of hydrogen-bond donors (Lipinski definition) is 0. The zero-order valence-corrected chi connectivity index (χ0v) is 8.53. The summed E-state index contributed by atoms with van der Waals surface area (Å²) in [6.07, 6.45) is 5.54. The number of likely N-dealkylation sites (tertiary alicyclic amines) is 1. The summed E-state index contributed by atoms with van der Waals surface area (Å²) in [4.78, 5) is 12.6. The van der Waals surface area contributed by atoms with Gasteiger partial charge in [-0.2, -0.15) is 0 Å². The number of nitrogens with zero attached hydrogens (tertiary/aromatic N) is 1. The van der Waals surface area contributed by atoms with Gasteiger partial charge in [0.1, 0.15) is 0 Å². The number of ether oxygens (including phenoxy) is 1. The molecule has 0 saturated carbocycles. The van der Waals surface area contributed by atoms with Gasteiger partial charge in [-0.15, -0.1) is 0 Å². The van der Waals surface area contributed by atoms with Crippen LogP contribution in [-0.4, -0.2) is 37.1 Å². The van der Waals surface area contributed by atoms with Crippen molar-refractivity contribution in [2.45, 2.75) is 44.8 Å². The van der Waals surface area contributed by atoms with Crippen molar-refractivity contribution >= 4 is 6.41 Å². The molecule has 0 N–H and O–H groups in total. The van der Waals surface area contributed by atoms with Crippen LogP contribution in [0, 0.1) is 0 Å². The van der Waals surface area contributed by atoms with E-state index in [9.17, 15) is 4.79 Å². The maximum absolute atomic E-state index is 10.7. The third-order valence-corrected chi connectivity index (χ3v) is 2.80. The van der Waals surface area contributed by atoms with Crippen LogP contribution in [0.15, 0.2) is 0 Å². The predicted octanol–water partition coefficient (Wildman–Crippen LogP) is 1.42. The fourth-order valence-corrected chi connectivity index (χ4v) is 2.00. The van der Waals surface area contributed by atoms with E-state index in [4.69, 9.17) is 4.74 Å². The maximum atomic E-state index is 10.7. The van der Waals surface area contributed by atoms with Crippen LogP contribution >= 0.6 is 0 Å². The molecule has 0 radical (unpaired) electrons. The first kappa shape index (κ1) is 10.5. The molecule has 0 aliphatic carbocycles. The molecule has 0 spiro atoms. The highest BCUT2D eigenvalue weighted by Gasteiger charge is 2.26. The quantitative estimate of drug-likeness (QED) is 0.620. The molecular weight excluding hydrogens is 166 g/mol. The molecule has 3 heteroatoms. The normalized spacial score (nSPS) is 28.9. The van der Waals surface area contributed by atoms with Gasteiger partial charge >= 0.3 is 0 Å². The van der Waals surface area contributed by atoms with Crippen LogP contribution < -0.4 is 0 Å². The minimum absolute atomic E-state index is 0.354. The summed E-state index contributed by atoms with van der Waals surface area (Å²) in [6, 6.07) is 0.404. The number of rotatable bonds is 4. The zero-order valence-electron chi connectivity index (χ0n) is 8.53. The average molecular weight is 185 g/mol. The summed E-state index contributed by atoms with van der Waals surface area (Å²) in [5.41, 5.74) is 0. The van der Waals surface area contributed by atoms with E-state index in [0.29, 0.717) is 12.1 Å². The summed E-state index contributed by atoms with van der Waals surface area (Å²) >= 11 is 0. The van der Waals surface area contributed by atoms with Crippen molar-refractivity contribution in [1.29, 1.82) is 0 Å². The highest BCUT2D eigenvalue weighted by Crippen LogP contribution is 2.21. The Morgan fingerprint density at radius 1 is 1.62 bits per heavy atom. The van der Waals surface area contributed by atoms with Crippen molar-refractivity contribution in [2.75, 3.05) is 13.7 Å². The van der Waals surface area contributed by atoms with Crippen LogP contribution in [0.25, 0.3) is 0 Å². The summed E-state index contributed by atoms with van der Waals surface area (Å²) in [6.45, 7) is 3.01. The fourth-order valence-electron chi connectivity index (χ4n) is 2.00. The predicted molar refractivity (Wildman–Crippen MR) is 51.5 cm³/mol. The number of hydrogen-bond acceptors (Lipinski definition) is 2. The van der Waals surface area contributed by atoms with E-state index >= 15 is 0 Å². The molecule has 1 amide bonds. The molecule has 1 aliphatic heterocycles. The topological polar surface area (TPSA) is 29.5 Å². The van der Waals surface area contributed by atoms with E-state index < -0.39 is 0 Å². The molecule has 1 saturated heterocycles. The molecule has 13 heavy (non-hydrogen) atoms. The van der Waals surface area contributed by atoms with Gasteiger partial charge in [0.05, 0.1) is 6.10 Å². The second-order valence-electron chi connectivity index (χ2n) is 3.67. The van der Waals surface area contributed by atoms with Crippen LogP contribution in [0.1, 0.15) is 32.6 Å². The lowest BCUT2D eigenvalue weighted by molar-refractivity contribution is -0.123. The van der Waals surface area contributed by atoms with Crippen molar-refractivity contribution < 1.29 is 9.53 Å². The van der Waals surface area contributed by atoms with Gasteiger partial charge in [-0.1, -0.05) is 13.3 Å². The molecule has 0 aromatic rings. The summed E-state index contributed by atoms with van der Waals surface area (Å²) in [5, 5.41) is 0. The van der Waals surface area contributed by atoms with Gasteiger partial charge in [0.15, 0.2) is 0 Å². The van der Waals surface area contributed by atoms with E-state index in [-0.39, 0.29) is 0 Å². The molecule has 0 aromatic heterocycles. The molecule has 0 unspecified atom stereocenters. The van der Waals surface area contributed by atoms with Gasteiger partial charge in [-0.25, -0.2) is 0 Å². The lowest BCUT2D eigenvalue weighted by Gasteiger charge is -2.36. The first-order chi connectivity index (χ1) is 6.31. The second kappa shape index (κ2) is 5.22. The molecule has 0 bridgehead atoms. The van der Waals surface area contributed by atoms with Gasteiger partial charge in [-0.05, 0) is 19.3 Å². The Balaban J connectivity index is 2.46. The Morgan fingerprint density at radius 3 is 2.92 bits per heavy atom. The van der Waals surface area contributed by atoms with Gasteiger partial charge in [-0.3, -0.25) is 4.79 Å². The first-order valence-corrected chi connectivity index (χ1v) is 5.05. The molecule has 76 valence electrons. The Hall–Kier alpha value is -0.570. The summed E-state index contributed by atoms with van der Waals surface area (Å²) in [7, 11) is 1.75. The molecule has 0 aromatic carbocycles. The largest absolute Gasteiger partial charge is 0.381 e. The Bertz CT molecular complexity index is 161. The van der Waals surface area contributed by atoms with E-state index in [1.54, 1.807) is 7.11 Å². The smallest absolute Gasteiger partial charge is 0.209 e. The Kier molecular flexibility index (Phi) is 4.22. The minimum atomic E-state index is 0.354. The summed E-state index contributed by atoms with van der Waals surface area (Å²) in [5.74, 6) is 0. The third kappa shape index (κ3) is 2.69. The fraction of sp³-hybridized carbons (Fsp3) is 0.900. The number of piperidine rings is 1. The van der Waals surface area contributed by atoms with Gasteiger partial charge < -0.3 is 9.64 Å². The lowest BCUT2D eigenvalue weighted by atomic mass is 9.96. The number of methoxy groups -OCH3 is 1.